The molecule has 1 spiro atoms. The van der Waals surface area contributed by atoms with Gasteiger partial charge in [-0.1, -0.05) is 31.4 Å². The minimum Gasteiger partial charge on any atom is -0.503 e. The Balaban J connectivity index is 1.40. The van der Waals surface area contributed by atoms with Gasteiger partial charge in [0.25, 0.3) is 5.91 Å². The van der Waals surface area contributed by atoms with Gasteiger partial charge in [-0.25, -0.2) is 4.39 Å². The molecule has 3 heterocycles. The molecule has 1 saturated carbocycles. The normalized spacial score (nSPS) is 21.5. The van der Waals surface area contributed by atoms with E-state index in [9.17, 15) is 23.9 Å². The Morgan fingerprint density at radius 2 is 1.88 bits per heavy atom. The minimum atomic E-state index is -0.834. The molecule has 2 aromatic rings. The number of amides is 1. The highest BCUT2D eigenvalue weighted by Gasteiger charge is 2.50. The Kier molecular flexibility index (Phi) is 5.12. The molecule has 7 nitrogen and oxygen atoms in total. The summed E-state index contributed by atoms with van der Waals surface area (Å²) in [7, 11) is 0. The Morgan fingerprint density at radius 1 is 1.16 bits per heavy atom. The van der Waals surface area contributed by atoms with E-state index in [0.717, 1.165) is 37.7 Å². The SMILES string of the molecule is O=C(CCc1ccc(F)cc1)c1cn2c(c(O)c1=O)C(=O)N1CC3(CCCCC3)OC1C2. The van der Waals surface area contributed by atoms with Crippen LogP contribution in [-0.4, -0.2) is 44.6 Å². The summed E-state index contributed by atoms with van der Waals surface area (Å²) in [6.07, 6.45) is 6.30. The van der Waals surface area contributed by atoms with E-state index in [1.165, 1.54) is 22.9 Å². The smallest absolute Gasteiger partial charge is 0.276 e. The van der Waals surface area contributed by atoms with Crippen molar-refractivity contribution in [1.29, 1.82) is 0 Å². The molecule has 2 aliphatic heterocycles. The lowest BCUT2D eigenvalue weighted by molar-refractivity contribution is -0.0797. The standard InChI is InChI=1S/C24H25FN2O5/c25-16-7-4-15(5-8-16)6-9-18(28)17-12-26-13-19-27(23(31)20(26)22(30)21(17)29)14-24(32-19)10-2-1-3-11-24/h4-5,7-8,12,19,30H,1-3,6,9-11,13-14H2. The number of benzene rings is 1. The molecular formula is C24H25FN2O5. The number of nitrogens with zero attached hydrogens (tertiary/aromatic N) is 2. The van der Waals surface area contributed by atoms with Gasteiger partial charge in [-0.3, -0.25) is 14.4 Å². The van der Waals surface area contributed by atoms with Gasteiger partial charge in [0.15, 0.2) is 23.5 Å². The van der Waals surface area contributed by atoms with Gasteiger partial charge in [0, 0.05) is 12.6 Å². The van der Waals surface area contributed by atoms with Crippen LogP contribution in [0.4, 0.5) is 4.39 Å². The molecule has 1 atom stereocenters. The summed E-state index contributed by atoms with van der Waals surface area (Å²) < 4.78 is 20.9. The van der Waals surface area contributed by atoms with Crippen LogP contribution in [-0.2, 0) is 17.7 Å². The number of carbonyl (C=O) groups is 2. The van der Waals surface area contributed by atoms with Crippen molar-refractivity contribution in [2.75, 3.05) is 6.54 Å². The maximum atomic E-state index is 13.1. The van der Waals surface area contributed by atoms with E-state index in [0.29, 0.717) is 13.0 Å². The number of halogens is 1. The number of aryl methyl sites for hydroxylation is 1. The van der Waals surface area contributed by atoms with Gasteiger partial charge in [-0.05, 0) is 37.0 Å². The fourth-order valence-electron chi connectivity index (χ4n) is 5.18. The number of ether oxygens (including phenoxy) is 1. The first-order valence-electron chi connectivity index (χ1n) is 11.1. The second-order valence-electron chi connectivity index (χ2n) is 9.02. The number of fused-ring (bicyclic) bond motifs is 2. The zero-order valence-corrected chi connectivity index (χ0v) is 17.7. The van der Waals surface area contributed by atoms with Crippen molar-refractivity contribution in [3.63, 3.8) is 0 Å². The predicted molar refractivity (Wildman–Crippen MR) is 113 cm³/mol. The quantitative estimate of drug-likeness (QED) is 0.739. The second kappa shape index (κ2) is 7.85. The van der Waals surface area contributed by atoms with Crippen LogP contribution in [0.5, 0.6) is 5.75 Å². The van der Waals surface area contributed by atoms with Crippen LogP contribution >= 0.6 is 0 Å². The number of aromatic hydroxyl groups is 1. The lowest BCUT2D eigenvalue weighted by atomic mass is 9.85. The topological polar surface area (TPSA) is 88.8 Å². The van der Waals surface area contributed by atoms with Gasteiger partial charge < -0.3 is 19.3 Å². The van der Waals surface area contributed by atoms with Crippen LogP contribution in [0, 0.1) is 5.82 Å². The van der Waals surface area contributed by atoms with Gasteiger partial charge >= 0.3 is 0 Å². The maximum absolute atomic E-state index is 13.1. The Hall–Kier alpha value is -3.00. The molecule has 1 amide bonds. The molecule has 1 N–H and O–H groups in total. The number of carbonyl (C=O) groups excluding carboxylic acids is 2. The summed E-state index contributed by atoms with van der Waals surface area (Å²) in [6, 6.07) is 5.81. The average Bonchev–Trinajstić information content (AvgIpc) is 3.13. The van der Waals surface area contributed by atoms with Crippen molar-refractivity contribution in [2.24, 2.45) is 0 Å². The van der Waals surface area contributed by atoms with Crippen molar-refractivity contribution in [1.82, 2.24) is 9.47 Å². The van der Waals surface area contributed by atoms with Gasteiger partial charge in [0.2, 0.25) is 5.43 Å². The molecule has 5 rings (SSSR count). The first-order valence-corrected chi connectivity index (χ1v) is 11.1. The number of hydrogen-bond donors (Lipinski definition) is 1. The van der Waals surface area contributed by atoms with E-state index in [4.69, 9.17) is 4.74 Å². The lowest BCUT2D eigenvalue weighted by Crippen LogP contribution is -2.46. The van der Waals surface area contributed by atoms with Crippen LogP contribution in [0.3, 0.4) is 0 Å². The predicted octanol–water partition coefficient (Wildman–Crippen LogP) is 3.02. The molecular weight excluding hydrogens is 415 g/mol. The fourth-order valence-corrected chi connectivity index (χ4v) is 5.18. The highest BCUT2D eigenvalue weighted by atomic mass is 19.1. The van der Waals surface area contributed by atoms with Gasteiger partial charge in [0.1, 0.15) is 5.82 Å². The van der Waals surface area contributed by atoms with Crippen molar-refractivity contribution >= 4 is 11.7 Å². The summed E-state index contributed by atoms with van der Waals surface area (Å²) >= 11 is 0. The first kappa shape index (κ1) is 20.9. The average molecular weight is 440 g/mol. The summed E-state index contributed by atoms with van der Waals surface area (Å²) in [5.74, 6) is -1.93. The van der Waals surface area contributed by atoms with Gasteiger partial charge in [-0.2, -0.15) is 0 Å². The molecule has 1 aromatic heterocycles. The number of hydrogen-bond acceptors (Lipinski definition) is 5. The van der Waals surface area contributed by atoms with Crippen LogP contribution < -0.4 is 5.43 Å². The molecule has 32 heavy (non-hydrogen) atoms. The van der Waals surface area contributed by atoms with Crippen molar-refractivity contribution in [2.45, 2.75) is 63.3 Å². The van der Waals surface area contributed by atoms with E-state index in [1.54, 1.807) is 17.0 Å². The molecule has 3 aliphatic rings. The molecule has 2 fully saturated rings. The van der Waals surface area contributed by atoms with Crippen molar-refractivity contribution < 1.29 is 23.8 Å². The molecule has 1 unspecified atom stereocenters. The van der Waals surface area contributed by atoms with Crippen LogP contribution in [0.25, 0.3) is 0 Å². The number of pyridine rings is 1. The van der Waals surface area contributed by atoms with E-state index < -0.39 is 29.1 Å². The van der Waals surface area contributed by atoms with E-state index >= 15 is 0 Å². The van der Waals surface area contributed by atoms with Crippen molar-refractivity contribution in [3.05, 3.63) is 63.3 Å². The third-order valence-corrected chi connectivity index (χ3v) is 6.88. The van der Waals surface area contributed by atoms with Crippen LogP contribution in [0.2, 0.25) is 0 Å². The summed E-state index contributed by atoms with van der Waals surface area (Å²) in [6.45, 7) is 0.720. The monoisotopic (exact) mass is 440 g/mol. The van der Waals surface area contributed by atoms with Gasteiger partial charge in [-0.15, -0.1) is 0 Å². The van der Waals surface area contributed by atoms with Crippen molar-refractivity contribution in [3.8, 4) is 5.75 Å². The fraction of sp³-hybridized carbons (Fsp3) is 0.458. The van der Waals surface area contributed by atoms with Gasteiger partial charge in [0.05, 0.1) is 24.3 Å². The van der Waals surface area contributed by atoms with Crippen LogP contribution in [0.15, 0.2) is 35.3 Å². The molecule has 8 heteroatoms. The zero-order chi connectivity index (χ0) is 22.5. The van der Waals surface area contributed by atoms with E-state index in [2.05, 4.69) is 0 Å². The van der Waals surface area contributed by atoms with E-state index in [-0.39, 0.29) is 35.6 Å². The number of ketones is 1. The maximum Gasteiger partial charge on any atom is 0.276 e. The number of aromatic nitrogens is 1. The zero-order valence-electron chi connectivity index (χ0n) is 17.7. The summed E-state index contributed by atoms with van der Waals surface area (Å²) in [5.41, 5.74) is -0.660. The van der Waals surface area contributed by atoms with E-state index in [1.807, 2.05) is 0 Å². The Bertz CT molecular complexity index is 1130. The largest absolute Gasteiger partial charge is 0.503 e. The molecule has 0 radical (unpaired) electrons. The lowest BCUT2D eigenvalue weighted by Gasteiger charge is -2.32. The molecule has 1 aromatic carbocycles. The minimum absolute atomic E-state index is 0.0305. The highest BCUT2D eigenvalue weighted by Crippen LogP contribution is 2.41. The van der Waals surface area contributed by atoms with Crippen LogP contribution in [0.1, 0.15) is 64.9 Å². The molecule has 0 bridgehead atoms. The molecule has 1 saturated heterocycles. The number of Topliss-reactive ketones (excluding diaryl/α,β-unsaturated/α-hetero) is 1. The third kappa shape index (κ3) is 3.52. The molecule has 1 aliphatic carbocycles. The third-order valence-electron chi connectivity index (χ3n) is 6.88. The number of rotatable bonds is 4. The second-order valence-corrected chi connectivity index (χ2v) is 9.02. The Labute approximate surface area is 184 Å². The summed E-state index contributed by atoms with van der Waals surface area (Å²) in [4.78, 5) is 40.2. The molecule has 168 valence electrons. The first-order chi connectivity index (χ1) is 15.4. The highest BCUT2D eigenvalue weighted by molar-refractivity contribution is 6.00. The summed E-state index contributed by atoms with van der Waals surface area (Å²) in [5, 5.41) is 10.6. The Morgan fingerprint density at radius 3 is 2.59 bits per heavy atom.